The van der Waals surface area contributed by atoms with E-state index in [2.05, 4.69) is 0 Å². The monoisotopic (exact) mass is 290 g/mol. The summed E-state index contributed by atoms with van der Waals surface area (Å²) in [5, 5.41) is -1.36. The number of halogens is 5. The van der Waals surface area contributed by atoms with Gasteiger partial charge in [0.25, 0.3) is 0 Å². The lowest BCUT2D eigenvalue weighted by Gasteiger charge is -2.11. The van der Waals surface area contributed by atoms with Gasteiger partial charge in [-0.2, -0.15) is 0 Å². The third-order valence-corrected chi connectivity index (χ3v) is 3.43. The topological polar surface area (TPSA) is 0 Å². The summed E-state index contributed by atoms with van der Waals surface area (Å²) in [6.07, 6.45) is 0. The highest BCUT2D eigenvalue weighted by molar-refractivity contribution is 6.42. The molecule has 0 amide bonds. The molecule has 94 valence electrons. The van der Waals surface area contributed by atoms with Crippen molar-refractivity contribution in [3.8, 4) is 11.1 Å². The van der Waals surface area contributed by atoms with Gasteiger partial charge in [0.15, 0.2) is 17.5 Å². The maximum Gasteiger partial charge on any atom is 0.179 e. The first kappa shape index (κ1) is 13.2. The molecular formula is C13H7Cl2F3. The van der Waals surface area contributed by atoms with Crippen LogP contribution in [0.4, 0.5) is 13.2 Å². The molecular weight excluding hydrogens is 284 g/mol. The van der Waals surface area contributed by atoms with Crippen LogP contribution in [0.15, 0.2) is 24.3 Å². The Morgan fingerprint density at radius 1 is 0.833 bits per heavy atom. The number of hydrogen-bond acceptors (Lipinski definition) is 0. The Labute approximate surface area is 112 Å². The maximum absolute atomic E-state index is 13.9. The second kappa shape index (κ2) is 4.82. The van der Waals surface area contributed by atoms with Gasteiger partial charge in [-0.3, -0.25) is 0 Å². The Balaban J connectivity index is 2.85. The van der Waals surface area contributed by atoms with Crippen molar-refractivity contribution in [2.24, 2.45) is 0 Å². The van der Waals surface area contributed by atoms with E-state index in [9.17, 15) is 13.2 Å². The fourth-order valence-electron chi connectivity index (χ4n) is 1.69. The van der Waals surface area contributed by atoms with Gasteiger partial charge in [0.1, 0.15) is 5.02 Å². The second-order valence-electron chi connectivity index (χ2n) is 3.76. The van der Waals surface area contributed by atoms with Crippen LogP contribution in [-0.2, 0) is 0 Å². The molecule has 0 radical (unpaired) electrons. The zero-order valence-corrected chi connectivity index (χ0v) is 10.7. The summed E-state index contributed by atoms with van der Waals surface area (Å²) >= 11 is 10.9. The van der Waals surface area contributed by atoms with Crippen molar-refractivity contribution in [2.75, 3.05) is 0 Å². The predicted octanol–water partition coefficient (Wildman–Crippen LogP) is 5.39. The highest BCUT2D eigenvalue weighted by Crippen LogP contribution is 2.38. The van der Waals surface area contributed by atoms with Gasteiger partial charge in [0.2, 0.25) is 0 Å². The van der Waals surface area contributed by atoms with Gasteiger partial charge in [0.05, 0.1) is 10.6 Å². The van der Waals surface area contributed by atoms with E-state index in [1.54, 1.807) is 25.1 Å². The summed E-state index contributed by atoms with van der Waals surface area (Å²) in [6.45, 7) is 1.66. The van der Waals surface area contributed by atoms with Gasteiger partial charge in [-0.25, -0.2) is 13.2 Å². The van der Waals surface area contributed by atoms with E-state index in [0.717, 1.165) is 0 Å². The third-order valence-electron chi connectivity index (χ3n) is 2.62. The zero-order valence-electron chi connectivity index (χ0n) is 9.20. The Hall–Kier alpha value is -1.19. The highest BCUT2D eigenvalue weighted by atomic mass is 35.5. The minimum atomic E-state index is -1.35. The van der Waals surface area contributed by atoms with Gasteiger partial charge in [-0.15, -0.1) is 0 Å². The molecule has 18 heavy (non-hydrogen) atoms. The number of rotatable bonds is 1. The minimum absolute atomic E-state index is 0.241. The molecule has 2 aromatic carbocycles. The molecule has 0 bridgehead atoms. The number of benzene rings is 2. The van der Waals surface area contributed by atoms with E-state index >= 15 is 0 Å². The largest absolute Gasteiger partial charge is 0.204 e. The van der Waals surface area contributed by atoms with Crippen molar-refractivity contribution in [2.45, 2.75) is 6.92 Å². The molecule has 2 rings (SSSR count). The maximum atomic E-state index is 13.9. The summed E-state index contributed by atoms with van der Waals surface area (Å²) in [4.78, 5) is 0. The normalized spacial score (nSPS) is 10.8. The molecule has 0 aliphatic rings. The summed E-state index contributed by atoms with van der Waals surface area (Å²) in [5.41, 5.74) is 0.345. The van der Waals surface area contributed by atoms with E-state index in [1.165, 1.54) is 6.07 Å². The molecule has 0 aromatic heterocycles. The van der Waals surface area contributed by atoms with Gasteiger partial charge >= 0.3 is 0 Å². The van der Waals surface area contributed by atoms with Gasteiger partial charge in [-0.05, 0) is 18.1 Å². The molecule has 0 saturated carbocycles. The van der Waals surface area contributed by atoms with Crippen LogP contribution in [0, 0.1) is 24.4 Å². The molecule has 0 atom stereocenters. The van der Waals surface area contributed by atoms with E-state index in [4.69, 9.17) is 23.2 Å². The van der Waals surface area contributed by atoms with Gasteiger partial charge < -0.3 is 0 Å². The number of hydrogen-bond donors (Lipinski definition) is 0. The summed E-state index contributed by atoms with van der Waals surface area (Å²) in [6, 6.07) is 6.46. The molecule has 0 heterocycles. The van der Waals surface area contributed by atoms with Crippen LogP contribution in [0.25, 0.3) is 11.1 Å². The van der Waals surface area contributed by atoms with Crippen LogP contribution in [0.3, 0.4) is 0 Å². The van der Waals surface area contributed by atoms with Crippen molar-refractivity contribution in [3.05, 3.63) is 57.3 Å². The Kier molecular flexibility index (Phi) is 3.55. The van der Waals surface area contributed by atoms with Crippen LogP contribution in [-0.4, -0.2) is 0 Å². The fourth-order valence-corrected chi connectivity index (χ4v) is 2.04. The molecule has 0 N–H and O–H groups in total. The van der Waals surface area contributed by atoms with Crippen molar-refractivity contribution in [1.29, 1.82) is 0 Å². The lowest BCUT2D eigenvalue weighted by molar-refractivity contribution is 0.499. The van der Waals surface area contributed by atoms with Crippen molar-refractivity contribution in [3.63, 3.8) is 0 Å². The third kappa shape index (κ3) is 1.98. The second-order valence-corrected chi connectivity index (χ2v) is 4.52. The summed E-state index contributed by atoms with van der Waals surface area (Å²) in [7, 11) is 0. The zero-order chi connectivity index (χ0) is 13.4. The van der Waals surface area contributed by atoms with Crippen LogP contribution in [0.2, 0.25) is 10.0 Å². The van der Waals surface area contributed by atoms with Crippen LogP contribution in [0.1, 0.15) is 5.56 Å². The first-order valence-electron chi connectivity index (χ1n) is 5.02. The van der Waals surface area contributed by atoms with E-state index in [-0.39, 0.29) is 5.56 Å². The van der Waals surface area contributed by atoms with Crippen LogP contribution >= 0.6 is 23.2 Å². The highest BCUT2D eigenvalue weighted by Gasteiger charge is 2.24. The van der Waals surface area contributed by atoms with Crippen molar-refractivity contribution >= 4 is 23.2 Å². The molecule has 0 aliphatic carbocycles. The lowest BCUT2D eigenvalue weighted by atomic mass is 9.99. The Morgan fingerprint density at radius 2 is 1.39 bits per heavy atom. The fraction of sp³-hybridized carbons (Fsp3) is 0.0769. The standard InChI is InChI=1S/C13H7Cl2F3/c1-6-4-2-3-5-7(6)8-11(16)9(14)10(15)13(18)12(8)17/h2-5H,1H3. The molecule has 0 nitrogen and oxygen atoms in total. The van der Waals surface area contributed by atoms with E-state index in [0.29, 0.717) is 5.56 Å². The van der Waals surface area contributed by atoms with E-state index < -0.39 is 33.1 Å². The first-order valence-corrected chi connectivity index (χ1v) is 5.78. The van der Waals surface area contributed by atoms with Crippen molar-refractivity contribution in [1.82, 2.24) is 0 Å². The molecule has 0 saturated heterocycles. The van der Waals surface area contributed by atoms with Crippen LogP contribution < -0.4 is 0 Å². The smallest absolute Gasteiger partial charge is 0.179 e. The van der Waals surface area contributed by atoms with Crippen LogP contribution in [0.5, 0.6) is 0 Å². The Morgan fingerprint density at radius 3 is 2.00 bits per heavy atom. The first-order chi connectivity index (χ1) is 8.45. The SMILES string of the molecule is Cc1ccccc1-c1c(F)c(F)c(Cl)c(Cl)c1F. The average Bonchev–Trinajstić information content (AvgIpc) is 2.36. The molecule has 0 fully saturated rings. The number of aryl methyl sites for hydroxylation is 1. The minimum Gasteiger partial charge on any atom is -0.204 e. The van der Waals surface area contributed by atoms with Gasteiger partial charge in [0, 0.05) is 0 Å². The summed E-state index contributed by atoms with van der Waals surface area (Å²) < 4.78 is 41.2. The molecule has 0 spiro atoms. The molecule has 0 unspecified atom stereocenters. The average molecular weight is 291 g/mol. The quantitative estimate of drug-likeness (QED) is 0.488. The van der Waals surface area contributed by atoms with Gasteiger partial charge in [-0.1, -0.05) is 47.5 Å². The lowest BCUT2D eigenvalue weighted by Crippen LogP contribution is -1.98. The Bertz CT molecular complexity index is 595. The summed E-state index contributed by atoms with van der Waals surface area (Å²) in [5.74, 6) is -3.74. The molecule has 0 aliphatic heterocycles. The van der Waals surface area contributed by atoms with Crippen molar-refractivity contribution < 1.29 is 13.2 Å². The molecule has 5 heteroatoms. The van der Waals surface area contributed by atoms with E-state index in [1.807, 2.05) is 0 Å². The predicted molar refractivity (Wildman–Crippen MR) is 66.5 cm³/mol. The molecule has 2 aromatic rings.